The lowest BCUT2D eigenvalue weighted by atomic mass is 10.0. The van der Waals surface area contributed by atoms with Gasteiger partial charge in [-0.2, -0.15) is 0 Å². The zero-order valence-corrected chi connectivity index (χ0v) is 10.2. The van der Waals surface area contributed by atoms with Crippen molar-refractivity contribution >= 4 is 6.09 Å². The summed E-state index contributed by atoms with van der Waals surface area (Å²) < 4.78 is 4.90. The van der Waals surface area contributed by atoms with Gasteiger partial charge < -0.3 is 15.2 Å². The van der Waals surface area contributed by atoms with Gasteiger partial charge in [-0.1, -0.05) is 44.2 Å². The van der Waals surface area contributed by atoms with E-state index in [9.17, 15) is 4.79 Å². The third-order valence-electron chi connectivity index (χ3n) is 2.49. The van der Waals surface area contributed by atoms with Crippen molar-refractivity contribution in [1.82, 2.24) is 5.32 Å². The molecule has 1 saturated heterocycles. The van der Waals surface area contributed by atoms with E-state index in [1.165, 1.54) is 0 Å². The summed E-state index contributed by atoms with van der Waals surface area (Å²) in [5.41, 5.74) is 1.12. The molecule has 94 valence electrons. The molecule has 0 aromatic heterocycles. The summed E-state index contributed by atoms with van der Waals surface area (Å²) in [6.07, 6.45) is -0.203. The van der Waals surface area contributed by atoms with Crippen LogP contribution in [0.2, 0.25) is 0 Å². The van der Waals surface area contributed by atoms with Crippen molar-refractivity contribution in [2.24, 2.45) is 0 Å². The quantitative estimate of drug-likeness (QED) is 0.841. The molecule has 2 rings (SSSR count). The van der Waals surface area contributed by atoms with Crippen LogP contribution in [-0.2, 0) is 11.2 Å². The summed E-state index contributed by atoms with van der Waals surface area (Å²) in [7, 11) is 0. The average Bonchev–Trinajstić information content (AvgIpc) is 2.73. The maximum atomic E-state index is 11.0. The van der Waals surface area contributed by atoms with Gasteiger partial charge in [0.2, 0.25) is 0 Å². The molecular weight excluding hydrogens is 218 g/mol. The van der Waals surface area contributed by atoms with Gasteiger partial charge in [-0.05, 0) is 12.0 Å². The molecule has 1 aromatic carbocycles. The van der Waals surface area contributed by atoms with Gasteiger partial charge in [-0.25, -0.2) is 4.79 Å². The van der Waals surface area contributed by atoms with Crippen LogP contribution in [0.4, 0.5) is 4.79 Å². The Bertz CT molecular complexity index is 340. The van der Waals surface area contributed by atoms with Crippen LogP contribution in [0.5, 0.6) is 0 Å². The molecule has 0 radical (unpaired) electrons. The molecule has 0 unspecified atom stereocenters. The van der Waals surface area contributed by atoms with E-state index < -0.39 is 12.2 Å². The SMILES string of the molecule is CC.O=C1N[C@@H](Cc2ccccc2)[C@@H](CO)O1. The first-order valence-electron chi connectivity index (χ1n) is 5.91. The standard InChI is InChI=1S/C11H13NO3.C2H6/c13-7-10-9(12-11(14)15-10)6-8-4-2-1-3-5-8;1-2/h1-5,9-10,13H,6-7H2,(H,12,14);1-2H3/t9-,10+;/m0./s1. The summed E-state index contributed by atoms with van der Waals surface area (Å²) in [5, 5.41) is 11.7. The molecule has 0 saturated carbocycles. The van der Waals surface area contributed by atoms with Crippen LogP contribution in [0.15, 0.2) is 30.3 Å². The van der Waals surface area contributed by atoms with Crippen LogP contribution in [-0.4, -0.2) is 30.0 Å². The van der Waals surface area contributed by atoms with E-state index >= 15 is 0 Å². The molecule has 2 N–H and O–H groups in total. The third kappa shape index (κ3) is 3.75. The van der Waals surface area contributed by atoms with E-state index in [0.717, 1.165) is 5.56 Å². The Hall–Kier alpha value is -1.55. The molecule has 0 spiro atoms. The van der Waals surface area contributed by atoms with Gasteiger partial charge in [0, 0.05) is 0 Å². The van der Waals surface area contributed by atoms with E-state index in [2.05, 4.69) is 5.32 Å². The van der Waals surface area contributed by atoms with Crippen molar-refractivity contribution in [3.8, 4) is 0 Å². The van der Waals surface area contributed by atoms with E-state index in [1.807, 2.05) is 44.2 Å². The second kappa shape index (κ2) is 6.91. The van der Waals surface area contributed by atoms with Crippen molar-refractivity contribution in [2.75, 3.05) is 6.61 Å². The van der Waals surface area contributed by atoms with Crippen molar-refractivity contribution in [2.45, 2.75) is 32.4 Å². The fraction of sp³-hybridized carbons (Fsp3) is 0.462. The number of rotatable bonds is 3. The highest BCUT2D eigenvalue weighted by Crippen LogP contribution is 2.13. The van der Waals surface area contributed by atoms with E-state index in [-0.39, 0.29) is 12.6 Å². The first-order valence-corrected chi connectivity index (χ1v) is 5.91. The Morgan fingerprint density at radius 1 is 1.29 bits per heavy atom. The smallest absolute Gasteiger partial charge is 0.407 e. The molecule has 2 atom stereocenters. The van der Waals surface area contributed by atoms with Gasteiger partial charge in [0.15, 0.2) is 0 Å². The van der Waals surface area contributed by atoms with Crippen LogP contribution in [0.3, 0.4) is 0 Å². The van der Waals surface area contributed by atoms with Crippen LogP contribution in [0.25, 0.3) is 0 Å². The van der Waals surface area contributed by atoms with Gasteiger partial charge >= 0.3 is 6.09 Å². The number of aliphatic hydroxyl groups is 1. The number of carbonyl (C=O) groups is 1. The van der Waals surface area contributed by atoms with Crippen molar-refractivity contribution < 1.29 is 14.6 Å². The minimum absolute atomic E-state index is 0.134. The Kier molecular flexibility index (Phi) is 5.49. The number of hydrogen-bond acceptors (Lipinski definition) is 3. The topological polar surface area (TPSA) is 58.6 Å². The van der Waals surface area contributed by atoms with Crippen LogP contribution < -0.4 is 5.32 Å². The zero-order valence-electron chi connectivity index (χ0n) is 10.2. The van der Waals surface area contributed by atoms with Crippen LogP contribution >= 0.6 is 0 Å². The van der Waals surface area contributed by atoms with Gasteiger partial charge in [0.1, 0.15) is 6.10 Å². The number of carbonyl (C=O) groups excluding carboxylic acids is 1. The minimum atomic E-state index is -0.449. The summed E-state index contributed by atoms with van der Waals surface area (Å²) in [4.78, 5) is 11.0. The number of cyclic esters (lactones) is 1. The molecule has 4 heteroatoms. The number of benzene rings is 1. The molecule has 17 heavy (non-hydrogen) atoms. The van der Waals surface area contributed by atoms with E-state index in [4.69, 9.17) is 9.84 Å². The second-order valence-corrected chi connectivity index (χ2v) is 3.57. The first kappa shape index (κ1) is 13.5. The number of ether oxygens (including phenoxy) is 1. The predicted octanol–water partition coefficient (Wildman–Crippen LogP) is 1.72. The molecule has 4 nitrogen and oxygen atoms in total. The molecule has 1 heterocycles. The highest BCUT2D eigenvalue weighted by Gasteiger charge is 2.33. The molecule has 1 aliphatic heterocycles. The normalized spacial score (nSPS) is 22.2. The lowest BCUT2D eigenvalue weighted by Gasteiger charge is -2.14. The van der Waals surface area contributed by atoms with Crippen molar-refractivity contribution in [1.29, 1.82) is 0 Å². The zero-order chi connectivity index (χ0) is 12.7. The Balaban J connectivity index is 0.000000686. The fourth-order valence-corrected chi connectivity index (χ4v) is 1.71. The molecule has 0 aliphatic carbocycles. The Labute approximate surface area is 102 Å². The lowest BCUT2D eigenvalue weighted by molar-refractivity contribution is 0.0829. The average molecular weight is 237 g/mol. The molecule has 1 aromatic rings. The van der Waals surface area contributed by atoms with Gasteiger partial charge in [0.25, 0.3) is 0 Å². The highest BCUT2D eigenvalue weighted by molar-refractivity contribution is 5.70. The van der Waals surface area contributed by atoms with E-state index in [1.54, 1.807) is 0 Å². The molecule has 1 aliphatic rings. The Morgan fingerprint density at radius 2 is 1.94 bits per heavy atom. The summed E-state index contributed by atoms with van der Waals surface area (Å²) >= 11 is 0. The number of amides is 1. The monoisotopic (exact) mass is 237 g/mol. The van der Waals surface area contributed by atoms with Crippen LogP contribution in [0.1, 0.15) is 19.4 Å². The number of nitrogens with one attached hydrogen (secondary N) is 1. The molecular formula is C13H19NO3. The largest absolute Gasteiger partial charge is 0.442 e. The predicted molar refractivity (Wildman–Crippen MR) is 65.8 cm³/mol. The number of aliphatic hydroxyl groups excluding tert-OH is 1. The Morgan fingerprint density at radius 3 is 2.53 bits per heavy atom. The lowest BCUT2D eigenvalue weighted by Crippen LogP contribution is -2.35. The number of alkyl carbamates (subject to hydrolysis) is 1. The molecule has 1 fully saturated rings. The summed E-state index contributed by atoms with van der Waals surface area (Å²) in [5.74, 6) is 0. The first-order chi connectivity index (χ1) is 8.29. The van der Waals surface area contributed by atoms with E-state index in [0.29, 0.717) is 6.42 Å². The minimum Gasteiger partial charge on any atom is -0.442 e. The summed E-state index contributed by atoms with van der Waals surface area (Å²) in [6, 6.07) is 9.67. The third-order valence-corrected chi connectivity index (χ3v) is 2.49. The maximum Gasteiger partial charge on any atom is 0.407 e. The van der Waals surface area contributed by atoms with Crippen molar-refractivity contribution in [3.63, 3.8) is 0 Å². The van der Waals surface area contributed by atoms with Gasteiger partial charge in [-0.3, -0.25) is 0 Å². The molecule has 1 amide bonds. The van der Waals surface area contributed by atoms with Crippen LogP contribution in [0, 0.1) is 0 Å². The van der Waals surface area contributed by atoms with Crippen molar-refractivity contribution in [3.05, 3.63) is 35.9 Å². The fourth-order valence-electron chi connectivity index (χ4n) is 1.71. The van der Waals surface area contributed by atoms with Gasteiger partial charge in [0.05, 0.1) is 12.6 Å². The van der Waals surface area contributed by atoms with Gasteiger partial charge in [-0.15, -0.1) is 0 Å². The summed E-state index contributed by atoms with van der Waals surface area (Å²) in [6.45, 7) is 3.86. The number of hydrogen-bond donors (Lipinski definition) is 2. The highest BCUT2D eigenvalue weighted by atomic mass is 16.6. The maximum absolute atomic E-state index is 11.0. The molecule has 0 bridgehead atoms. The second-order valence-electron chi connectivity index (χ2n) is 3.57.